The van der Waals surface area contributed by atoms with Crippen LogP contribution >= 0.6 is 0 Å². The van der Waals surface area contributed by atoms with Gasteiger partial charge in [-0.3, -0.25) is 0 Å². The highest BCUT2D eigenvalue weighted by molar-refractivity contribution is 5.90. The van der Waals surface area contributed by atoms with Crippen molar-refractivity contribution in [2.75, 3.05) is 6.61 Å². The molecule has 0 aliphatic rings. The van der Waals surface area contributed by atoms with Crippen molar-refractivity contribution in [2.45, 2.75) is 6.10 Å². The molecule has 0 amide bonds. The number of aromatic carboxylic acids is 1. The minimum absolute atomic E-state index is 0.0234. The molecule has 86 valence electrons. The number of hydrogen-bond donors (Lipinski definition) is 3. The van der Waals surface area contributed by atoms with Crippen LogP contribution in [-0.4, -0.2) is 40.0 Å². The normalized spacial score (nSPS) is 11.8. The van der Waals surface area contributed by atoms with Gasteiger partial charge in [0, 0.05) is 0 Å². The number of carbonyl (C=O) groups is 2. The molecule has 0 aliphatic carbocycles. The van der Waals surface area contributed by atoms with Crippen molar-refractivity contribution in [2.24, 2.45) is 0 Å². The number of carboxylic acid groups (broad SMARTS) is 2. The molecule has 0 heterocycles. The minimum Gasteiger partial charge on any atom is -0.489 e. The lowest BCUT2D eigenvalue weighted by Crippen LogP contribution is -2.27. The molecule has 1 unspecified atom stereocenters. The molecule has 1 aromatic carbocycles. The smallest absolute Gasteiger partial charge is 0.339 e. The van der Waals surface area contributed by atoms with E-state index >= 15 is 0 Å². The quantitative estimate of drug-likeness (QED) is 0.663. The van der Waals surface area contributed by atoms with Crippen LogP contribution in [0.25, 0.3) is 0 Å². The van der Waals surface area contributed by atoms with Crippen LogP contribution in [-0.2, 0) is 4.79 Å². The second kappa shape index (κ2) is 5.13. The molecule has 6 nitrogen and oxygen atoms in total. The van der Waals surface area contributed by atoms with E-state index in [2.05, 4.69) is 0 Å². The summed E-state index contributed by atoms with van der Waals surface area (Å²) in [7, 11) is 0. The zero-order chi connectivity index (χ0) is 12.1. The van der Waals surface area contributed by atoms with Crippen LogP contribution in [0.4, 0.5) is 0 Å². The number of hydrogen-bond acceptors (Lipinski definition) is 4. The lowest BCUT2D eigenvalue weighted by molar-refractivity contribution is -0.148. The number of aliphatic hydroxyl groups is 1. The van der Waals surface area contributed by atoms with Crippen molar-refractivity contribution in [1.29, 1.82) is 0 Å². The van der Waals surface area contributed by atoms with Gasteiger partial charge in [0.15, 0.2) is 6.10 Å². The molecule has 1 rings (SSSR count). The molecule has 0 aromatic heterocycles. The summed E-state index contributed by atoms with van der Waals surface area (Å²) in [5, 5.41) is 26.1. The van der Waals surface area contributed by atoms with E-state index in [-0.39, 0.29) is 11.3 Å². The first-order valence-electron chi connectivity index (χ1n) is 4.38. The number of aliphatic carboxylic acids is 1. The van der Waals surface area contributed by atoms with Crippen molar-refractivity contribution in [3.8, 4) is 5.75 Å². The largest absolute Gasteiger partial charge is 0.489 e. The van der Waals surface area contributed by atoms with Gasteiger partial charge in [-0.25, -0.2) is 9.59 Å². The van der Waals surface area contributed by atoms with Crippen LogP contribution in [0.15, 0.2) is 24.3 Å². The van der Waals surface area contributed by atoms with Crippen molar-refractivity contribution in [1.82, 2.24) is 0 Å². The van der Waals surface area contributed by atoms with E-state index in [4.69, 9.17) is 20.1 Å². The predicted molar refractivity (Wildman–Crippen MR) is 52.5 cm³/mol. The van der Waals surface area contributed by atoms with Gasteiger partial charge in [-0.05, 0) is 12.1 Å². The molecule has 16 heavy (non-hydrogen) atoms. The summed E-state index contributed by atoms with van der Waals surface area (Å²) in [6.07, 6.45) is -1.68. The predicted octanol–water partition coefficient (Wildman–Crippen LogP) is 0.209. The summed E-state index contributed by atoms with van der Waals surface area (Å²) in [5.74, 6) is -2.58. The third-order valence-electron chi connectivity index (χ3n) is 1.80. The second-order valence-corrected chi connectivity index (χ2v) is 2.97. The summed E-state index contributed by atoms with van der Waals surface area (Å²) in [4.78, 5) is 21.0. The standard InChI is InChI=1S/C10H10O6/c11-7(10(14)15)5-16-8-4-2-1-3-6(8)9(12)13/h1-4,7,11H,5H2,(H,12,13)(H,14,15). The van der Waals surface area contributed by atoms with Crippen LogP contribution in [0.1, 0.15) is 10.4 Å². The Morgan fingerprint density at radius 1 is 1.25 bits per heavy atom. The van der Waals surface area contributed by atoms with Gasteiger partial charge in [0.25, 0.3) is 0 Å². The van der Waals surface area contributed by atoms with Gasteiger partial charge in [0.2, 0.25) is 0 Å². The molecule has 1 aromatic rings. The third-order valence-corrected chi connectivity index (χ3v) is 1.80. The van der Waals surface area contributed by atoms with Gasteiger partial charge < -0.3 is 20.1 Å². The first-order chi connectivity index (χ1) is 7.52. The summed E-state index contributed by atoms with van der Waals surface area (Å²) >= 11 is 0. The summed E-state index contributed by atoms with van der Waals surface area (Å²) in [5.41, 5.74) is -0.0833. The number of ether oxygens (including phenoxy) is 1. The molecular formula is C10H10O6. The lowest BCUT2D eigenvalue weighted by Gasteiger charge is -2.10. The summed E-state index contributed by atoms with van der Waals surface area (Å²) in [6, 6.07) is 5.78. The van der Waals surface area contributed by atoms with Crippen molar-refractivity contribution in [3.05, 3.63) is 29.8 Å². The Morgan fingerprint density at radius 3 is 2.44 bits per heavy atom. The fourth-order valence-electron chi connectivity index (χ4n) is 1.01. The van der Waals surface area contributed by atoms with Crippen LogP contribution < -0.4 is 4.74 Å². The Balaban J connectivity index is 2.74. The summed E-state index contributed by atoms with van der Waals surface area (Å²) < 4.78 is 4.91. The number of carboxylic acids is 2. The van der Waals surface area contributed by atoms with Crippen LogP contribution in [0, 0.1) is 0 Å². The molecule has 0 bridgehead atoms. The van der Waals surface area contributed by atoms with E-state index in [1.54, 1.807) is 6.07 Å². The first kappa shape index (κ1) is 12.0. The van der Waals surface area contributed by atoms with Crippen molar-refractivity contribution < 1.29 is 29.6 Å². The van der Waals surface area contributed by atoms with Gasteiger partial charge in [-0.2, -0.15) is 0 Å². The SMILES string of the molecule is O=C(O)c1ccccc1OCC(O)C(=O)O. The average Bonchev–Trinajstić information content (AvgIpc) is 2.25. The highest BCUT2D eigenvalue weighted by atomic mass is 16.5. The molecule has 0 fully saturated rings. The lowest BCUT2D eigenvalue weighted by atomic mass is 10.2. The minimum atomic E-state index is -1.68. The summed E-state index contributed by atoms with van der Waals surface area (Å²) in [6.45, 7) is -0.500. The average molecular weight is 226 g/mol. The Hall–Kier alpha value is -2.08. The highest BCUT2D eigenvalue weighted by Gasteiger charge is 2.16. The van der Waals surface area contributed by atoms with Crippen molar-refractivity contribution >= 4 is 11.9 Å². The fourth-order valence-corrected chi connectivity index (χ4v) is 1.01. The van der Waals surface area contributed by atoms with Crippen LogP contribution in [0.2, 0.25) is 0 Å². The third kappa shape index (κ3) is 2.96. The zero-order valence-corrected chi connectivity index (χ0v) is 8.16. The molecule has 0 aliphatic heterocycles. The zero-order valence-electron chi connectivity index (χ0n) is 8.16. The second-order valence-electron chi connectivity index (χ2n) is 2.97. The van der Waals surface area contributed by atoms with E-state index in [1.165, 1.54) is 18.2 Å². The molecule has 6 heteroatoms. The maximum absolute atomic E-state index is 10.7. The molecule has 0 saturated heterocycles. The van der Waals surface area contributed by atoms with Gasteiger partial charge in [-0.15, -0.1) is 0 Å². The Bertz CT molecular complexity index is 400. The molecule has 3 N–H and O–H groups in total. The van der Waals surface area contributed by atoms with Gasteiger partial charge in [-0.1, -0.05) is 12.1 Å². The van der Waals surface area contributed by atoms with Crippen LogP contribution in [0.3, 0.4) is 0 Å². The first-order valence-corrected chi connectivity index (χ1v) is 4.38. The highest BCUT2D eigenvalue weighted by Crippen LogP contribution is 2.17. The number of rotatable bonds is 5. The van der Waals surface area contributed by atoms with E-state index in [0.717, 1.165) is 0 Å². The van der Waals surface area contributed by atoms with E-state index in [1.807, 2.05) is 0 Å². The molecule has 0 spiro atoms. The Labute approximate surface area is 90.7 Å². The molecule has 0 saturated carbocycles. The number of para-hydroxylation sites is 1. The monoisotopic (exact) mass is 226 g/mol. The maximum Gasteiger partial charge on any atom is 0.339 e. The molecule has 0 radical (unpaired) electrons. The van der Waals surface area contributed by atoms with Crippen LogP contribution in [0.5, 0.6) is 5.75 Å². The Morgan fingerprint density at radius 2 is 1.88 bits per heavy atom. The Kier molecular flexibility index (Phi) is 3.84. The van der Waals surface area contributed by atoms with E-state index in [9.17, 15) is 9.59 Å². The van der Waals surface area contributed by atoms with E-state index in [0.29, 0.717) is 0 Å². The van der Waals surface area contributed by atoms with Crippen molar-refractivity contribution in [3.63, 3.8) is 0 Å². The van der Waals surface area contributed by atoms with Gasteiger partial charge >= 0.3 is 11.9 Å². The fraction of sp³-hybridized carbons (Fsp3) is 0.200. The van der Waals surface area contributed by atoms with Gasteiger partial charge in [0.05, 0.1) is 0 Å². The van der Waals surface area contributed by atoms with E-state index < -0.39 is 24.6 Å². The number of aliphatic hydroxyl groups excluding tert-OH is 1. The molecule has 1 atom stereocenters. The maximum atomic E-state index is 10.7. The molecular weight excluding hydrogens is 216 g/mol. The topological polar surface area (TPSA) is 104 Å². The van der Waals surface area contributed by atoms with Gasteiger partial charge in [0.1, 0.15) is 17.9 Å². The number of benzene rings is 1.